The summed E-state index contributed by atoms with van der Waals surface area (Å²) in [6.45, 7) is 6.56. The van der Waals surface area contributed by atoms with Crippen molar-refractivity contribution in [3.05, 3.63) is 52.8 Å². The molecule has 0 bridgehead atoms. The fraction of sp³-hybridized carbons (Fsp3) is 0.421. The molecular formula is C19H20F3N5O. The van der Waals surface area contributed by atoms with E-state index in [1.54, 1.807) is 6.92 Å². The van der Waals surface area contributed by atoms with Crippen molar-refractivity contribution in [3.8, 4) is 0 Å². The van der Waals surface area contributed by atoms with Gasteiger partial charge in [0.2, 0.25) is 0 Å². The summed E-state index contributed by atoms with van der Waals surface area (Å²) < 4.78 is 46.8. The zero-order valence-corrected chi connectivity index (χ0v) is 15.7. The van der Waals surface area contributed by atoms with Crippen molar-refractivity contribution >= 4 is 11.5 Å². The zero-order chi connectivity index (χ0) is 20.1. The molecule has 0 radical (unpaired) electrons. The molecule has 3 aromatic rings. The Bertz CT molecular complexity index is 1000. The standard InChI is InChI=1S/C19H20F3N5O/c1-11-9-26(10-15(28-11)14-7-5-4-6-8-14)17-13(3)12(2)16-23-24-18(19(20,21)22)27(16)25-17/h4-8,11,15H,9-10H2,1-3H3. The fourth-order valence-corrected chi connectivity index (χ4v) is 3.57. The van der Waals surface area contributed by atoms with Gasteiger partial charge in [0.1, 0.15) is 6.10 Å². The highest BCUT2D eigenvalue weighted by atomic mass is 19.4. The van der Waals surface area contributed by atoms with Crippen LogP contribution in [0.1, 0.15) is 35.5 Å². The Morgan fingerprint density at radius 1 is 1.04 bits per heavy atom. The highest BCUT2D eigenvalue weighted by Crippen LogP contribution is 2.33. The largest absolute Gasteiger partial charge is 0.453 e. The SMILES string of the molecule is Cc1c(N2CC(C)OC(c3ccccc3)C2)nn2c(C(F)(F)F)nnc2c1C. The first-order valence-electron chi connectivity index (χ1n) is 9.01. The molecule has 4 rings (SSSR count). The average molecular weight is 391 g/mol. The number of alkyl halides is 3. The number of fused-ring (bicyclic) bond motifs is 1. The molecule has 3 heterocycles. The van der Waals surface area contributed by atoms with Crippen LogP contribution >= 0.6 is 0 Å². The van der Waals surface area contributed by atoms with Gasteiger partial charge in [0, 0.05) is 24.2 Å². The lowest BCUT2D eigenvalue weighted by molar-refractivity contribution is -0.146. The van der Waals surface area contributed by atoms with E-state index in [0.717, 1.165) is 15.6 Å². The molecule has 6 nitrogen and oxygen atoms in total. The molecule has 2 aromatic heterocycles. The van der Waals surface area contributed by atoms with Gasteiger partial charge in [-0.3, -0.25) is 0 Å². The topological polar surface area (TPSA) is 55.5 Å². The second kappa shape index (κ2) is 6.73. The molecule has 1 aromatic carbocycles. The van der Waals surface area contributed by atoms with E-state index in [9.17, 15) is 13.2 Å². The molecule has 28 heavy (non-hydrogen) atoms. The van der Waals surface area contributed by atoms with E-state index in [0.29, 0.717) is 24.5 Å². The zero-order valence-electron chi connectivity index (χ0n) is 15.7. The van der Waals surface area contributed by atoms with Crippen molar-refractivity contribution in [1.29, 1.82) is 0 Å². The third-order valence-corrected chi connectivity index (χ3v) is 5.05. The molecule has 2 unspecified atom stereocenters. The summed E-state index contributed by atoms with van der Waals surface area (Å²) in [5.41, 5.74) is 2.56. The molecule has 1 fully saturated rings. The van der Waals surface area contributed by atoms with E-state index < -0.39 is 12.0 Å². The predicted molar refractivity (Wildman–Crippen MR) is 97.2 cm³/mol. The quantitative estimate of drug-likeness (QED) is 0.666. The third-order valence-electron chi connectivity index (χ3n) is 5.05. The number of nitrogens with zero attached hydrogens (tertiary/aromatic N) is 5. The summed E-state index contributed by atoms with van der Waals surface area (Å²) in [5, 5.41) is 11.3. The van der Waals surface area contributed by atoms with Gasteiger partial charge in [-0.25, -0.2) is 0 Å². The van der Waals surface area contributed by atoms with Gasteiger partial charge in [0.25, 0.3) is 5.82 Å². The molecule has 9 heteroatoms. The van der Waals surface area contributed by atoms with Crippen LogP contribution in [0.15, 0.2) is 30.3 Å². The van der Waals surface area contributed by atoms with E-state index in [2.05, 4.69) is 15.3 Å². The summed E-state index contributed by atoms with van der Waals surface area (Å²) in [6, 6.07) is 9.78. The number of ether oxygens (including phenoxy) is 1. The summed E-state index contributed by atoms with van der Waals surface area (Å²) >= 11 is 0. The van der Waals surface area contributed by atoms with Gasteiger partial charge in [0.15, 0.2) is 11.5 Å². The molecule has 148 valence electrons. The van der Waals surface area contributed by atoms with Crippen LogP contribution in [-0.4, -0.2) is 39.0 Å². The molecule has 0 N–H and O–H groups in total. The van der Waals surface area contributed by atoms with Crippen LogP contribution in [0.3, 0.4) is 0 Å². The minimum Gasteiger partial charge on any atom is -0.367 e. The minimum absolute atomic E-state index is 0.0980. The lowest BCUT2D eigenvalue weighted by Gasteiger charge is -2.38. The number of anilines is 1. The lowest BCUT2D eigenvalue weighted by Crippen LogP contribution is -2.44. The Morgan fingerprint density at radius 2 is 1.75 bits per heavy atom. The van der Waals surface area contributed by atoms with Crippen molar-refractivity contribution in [2.24, 2.45) is 0 Å². The smallest absolute Gasteiger partial charge is 0.367 e. The molecule has 0 spiro atoms. The normalized spacial score (nSPS) is 20.7. The number of benzene rings is 1. The highest BCUT2D eigenvalue weighted by molar-refractivity contribution is 5.59. The highest BCUT2D eigenvalue weighted by Gasteiger charge is 2.39. The number of hydrogen-bond donors (Lipinski definition) is 0. The van der Waals surface area contributed by atoms with Crippen LogP contribution < -0.4 is 4.90 Å². The maximum absolute atomic E-state index is 13.3. The summed E-state index contributed by atoms with van der Waals surface area (Å²) in [5.74, 6) is -0.626. The van der Waals surface area contributed by atoms with Gasteiger partial charge in [-0.2, -0.15) is 17.7 Å². The Hall–Kier alpha value is -2.68. The first-order chi connectivity index (χ1) is 13.3. The first kappa shape index (κ1) is 18.7. The molecule has 0 aliphatic carbocycles. The number of aryl methyl sites for hydroxylation is 1. The molecule has 1 aliphatic heterocycles. The molecule has 1 aliphatic rings. The number of hydrogen-bond acceptors (Lipinski definition) is 5. The Balaban J connectivity index is 1.78. The Labute approximate surface area is 159 Å². The van der Waals surface area contributed by atoms with Gasteiger partial charge in [-0.15, -0.1) is 15.3 Å². The van der Waals surface area contributed by atoms with E-state index in [1.807, 2.05) is 49.1 Å². The van der Waals surface area contributed by atoms with Crippen LogP contribution in [0, 0.1) is 13.8 Å². The second-order valence-electron chi connectivity index (χ2n) is 7.08. The molecule has 0 saturated carbocycles. The number of rotatable bonds is 2. The van der Waals surface area contributed by atoms with Crippen molar-refractivity contribution in [2.75, 3.05) is 18.0 Å². The second-order valence-corrected chi connectivity index (χ2v) is 7.08. The summed E-state index contributed by atoms with van der Waals surface area (Å²) in [6.07, 6.45) is -4.92. The summed E-state index contributed by atoms with van der Waals surface area (Å²) in [4.78, 5) is 1.98. The predicted octanol–water partition coefficient (Wildman–Crippen LogP) is 3.73. The lowest BCUT2D eigenvalue weighted by atomic mass is 10.1. The van der Waals surface area contributed by atoms with E-state index in [1.165, 1.54) is 0 Å². The first-order valence-corrected chi connectivity index (χ1v) is 9.01. The minimum atomic E-state index is -4.63. The van der Waals surface area contributed by atoms with Gasteiger partial charge in [0.05, 0.1) is 6.10 Å². The van der Waals surface area contributed by atoms with E-state index in [-0.39, 0.29) is 17.9 Å². The van der Waals surface area contributed by atoms with Crippen molar-refractivity contribution in [3.63, 3.8) is 0 Å². The van der Waals surface area contributed by atoms with Crippen molar-refractivity contribution in [1.82, 2.24) is 19.8 Å². The van der Waals surface area contributed by atoms with Crippen LogP contribution in [0.2, 0.25) is 0 Å². The van der Waals surface area contributed by atoms with Gasteiger partial charge in [-0.1, -0.05) is 30.3 Å². The van der Waals surface area contributed by atoms with Crippen molar-refractivity contribution in [2.45, 2.75) is 39.2 Å². The summed E-state index contributed by atoms with van der Waals surface area (Å²) in [7, 11) is 0. The maximum Gasteiger partial charge on any atom is 0.453 e. The van der Waals surface area contributed by atoms with Crippen LogP contribution in [0.4, 0.5) is 19.0 Å². The van der Waals surface area contributed by atoms with E-state index >= 15 is 0 Å². The van der Waals surface area contributed by atoms with Crippen LogP contribution in [0.5, 0.6) is 0 Å². The van der Waals surface area contributed by atoms with Gasteiger partial charge < -0.3 is 9.64 Å². The third kappa shape index (κ3) is 3.19. The Morgan fingerprint density at radius 3 is 2.43 bits per heavy atom. The van der Waals surface area contributed by atoms with Gasteiger partial charge in [-0.05, 0) is 26.3 Å². The molecular weight excluding hydrogens is 371 g/mol. The van der Waals surface area contributed by atoms with E-state index in [4.69, 9.17) is 4.74 Å². The number of halogens is 3. The maximum atomic E-state index is 13.3. The van der Waals surface area contributed by atoms with Crippen LogP contribution in [-0.2, 0) is 10.9 Å². The van der Waals surface area contributed by atoms with Gasteiger partial charge >= 0.3 is 6.18 Å². The fourth-order valence-electron chi connectivity index (χ4n) is 3.57. The van der Waals surface area contributed by atoms with Crippen molar-refractivity contribution < 1.29 is 17.9 Å². The Kier molecular flexibility index (Phi) is 4.49. The molecule has 1 saturated heterocycles. The average Bonchev–Trinajstić information content (AvgIpc) is 3.09. The van der Waals surface area contributed by atoms with Crippen LogP contribution in [0.25, 0.3) is 5.65 Å². The molecule has 0 amide bonds. The molecule has 2 atom stereocenters. The number of aromatic nitrogens is 4. The number of morpholine rings is 1. The monoisotopic (exact) mass is 391 g/mol.